The number of nitrogens with two attached hydrogens (primary N) is 1. The van der Waals surface area contributed by atoms with Crippen LogP contribution in [0.2, 0.25) is 0 Å². The Morgan fingerprint density at radius 1 is 1.13 bits per heavy atom. The van der Waals surface area contributed by atoms with Crippen molar-refractivity contribution in [2.24, 2.45) is 0 Å². The van der Waals surface area contributed by atoms with Crippen LogP contribution in [-0.2, 0) is 0 Å². The lowest BCUT2D eigenvalue weighted by Crippen LogP contribution is -2.46. The Balaban J connectivity index is 0.00000272. The Labute approximate surface area is 191 Å². The molecule has 0 aliphatic carbocycles. The van der Waals surface area contributed by atoms with Gasteiger partial charge >= 0.3 is 0 Å². The van der Waals surface area contributed by atoms with Crippen molar-refractivity contribution in [1.82, 2.24) is 14.6 Å². The average Bonchev–Trinajstić information content (AvgIpc) is 3.18. The van der Waals surface area contributed by atoms with Gasteiger partial charge in [-0.1, -0.05) is 12.1 Å². The molecule has 4 rings (SSSR count). The van der Waals surface area contributed by atoms with Gasteiger partial charge in [-0.3, -0.25) is 9.69 Å². The predicted octanol–water partition coefficient (Wildman–Crippen LogP) is 3.77. The van der Waals surface area contributed by atoms with Crippen LogP contribution in [0.3, 0.4) is 0 Å². The van der Waals surface area contributed by atoms with E-state index >= 15 is 0 Å². The second-order valence-electron chi connectivity index (χ2n) is 7.53. The van der Waals surface area contributed by atoms with Crippen molar-refractivity contribution in [3.63, 3.8) is 0 Å². The molecule has 9 heteroatoms. The van der Waals surface area contributed by atoms with Crippen molar-refractivity contribution in [2.45, 2.75) is 12.8 Å². The number of fused-ring (bicyclic) bond motifs is 1. The Kier molecular flexibility index (Phi) is 8.06. The molecule has 1 aliphatic heterocycles. The lowest BCUT2D eigenvalue weighted by atomic mass is 10.1. The molecular formula is C22H27ClFN5OS. The normalized spacial score (nSPS) is 14.4. The van der Waals surface area contributed by atoms with Gasteiger partial charge in [-0.15, -0.1) is 12.4 Å². The van der Waals surface area contributed by atoms with E-state index < -0.39 is 5.82 Å². The number of rotatable bonds is 7. The first kappa shape index (κ1) is 23.2. The van der Waals surface area contributed by atoms with E-state index in [9.17, 15) is 9.18 Å². The standard InChI is InChI=1S/C22H26FN5OS.ClH/c23-16-7-8-17(19(24)15-16)22(29)25-9-3-4-10-27-11-13-28(14-12-27)21-18-5-1-2-6-20(18)30-26-21;/h1-2,5-8,15H,3-4,9-14,24H2,(H,25,29);1H. The molecule has 3 N–H and O–H groups in total. The van der Waals surface area contributed by atoms with Gasteiger partial charge in [0.25, 0.3) is 5.91 Å². The SMILES string of the molecule is Cl.Nc1cc(F)ccc1C(=O)NCCCCN1CCN(c2nsc3ccccc23)CC1. The summed E-state index contributed by atoms with van der Waals surface area (Å²) in [5, 5.41) is 4.11. The Hall–Kier alpha value is -2.42. The van der Waals surface area contributed by atoms with Gasteiger partial charge in [-0.05, 0) is 61.3 Å². The molecule has 0 atom stereocenters. The van der Waals surface area contributed by atoms with Crippen LogP contribution in [-0.4, -0.2) is 54.4 Å². The monoisotopic (exact) mass is 463 g/mol. The van der Waals surface area contributed by atoms with Crippen LogP contribution in [0.15, 0.2) is 42.5 Å². The summed E-state index contributed by atoms with van der Waals surface area (Å²) in [7, 11) is 0. The van der Waals surface area contributed by atoms with Gasteiger partial charge in [-0.25, -0.2) is 4.39 Å². The van der Waals surface area contributed by atoms with Crippen LogP contribution in [0.5, 0.6) is 0 Å². The van der Waals surface area contributed by atoms with Crippen molar-refractivity contribution in [3.8, 4) is 0 Å². The predicted molar refractivity (Wildman–Crippen MR) is 128 cm³/mol. The molecule has 1 fully saturated rings. The number of amides is 1. The van der Waals surface area contributed by atoms with Crippen molar-refractivity contribution in [1.29, 1.82) is 0 Å². The van der Waals surface area contributed by atoms with E-state index in [0.29, 0.717) is 12.1 Å². The van der Waals surface area contributed by atoms with Crippen LogP contribution in [0.25, 0.3) is 10.1 Å². The highest BCUT2D eigenvalue weighted by Gasteiger charge is 2.20. The summed E-state index contributed by atoms with van der Waals surface area (Å²) in [6.07, 6.45) is 1.91. The highest BCUT2D eigenvalue weighted by atomic mass is 35.5. The number of aromatic nitrogens is 1. The van der Waals surface area contributed by atoms with Crippen molar-refractivity contribution < 1.29 is 9.18 Å². The van der Waals surface area contributed by atoms with Gasteiger partial charge in [0.05, 0.1) is 10.3 Å². The van der Waals surface area contributed by atoms with Gasteiger partial charge < -0.3 is 16.0 Å². The number of piperazine rings is 1. The molecule has 0 unspecified atom stereocenters. The van der Waals surface area contributed by atoms with Crippen LogP contribution >= 0.6 is 23.9 Å². The second-order valence-corrected chi connectivity index (χ2v) is 8.33. The zero-order valence-electron chi connectivity index (χ0n) is 17.2. The zero-order chi connectivity index (χ0) is 20.9. The molecule has 2 heterocycles. The second kappa shape index (κ2) is 10.7. The average molecular weight is 464 g/mol. The fourth-order valence-electron chi connectivity index (χ4n) is 3.78. The summed E-state index contributed by atoms with van der Waals surface area (Å²) in [6.45, 7) is 5.60. The van der Waals surface area contributed by atoms with Crippen LogP contribution in [0.4, 0.5) is 15.9 Å². The molecule has 0 spiro atoms. The van der Waals surface area contributed by atoms with E-state index in [4.69, 9.17) is 5.73 Å². The summed E-state index contributed by atoms with van der Waals surface area (Å²) >= 11 is 1.56. The molecule has 1 saturated heterocycles. The molecule has 3 aromatic rings. The maximum Gasteiger partial charge on any atom is 0.253 e. The number of unbranched alkanes of at least 4 members (excludes halogenated alkanes) is 1. The lowest BCUT2D eigenvalue weighted by Gasteiger charge is -2.35. The Morgan fingerprint density at radius 3 is 2.68 bits per heavy atom. The third-order valence-electron chi connectivity index (χ3n) is 5.48. The molecule has 6 nitrogen and oxygen atoms in total. The molecule has 166 valence electrons. The van der Waals surface area contributed by atoms with E-state index in [-0.39, 0.29) is 24.0 Å². The van der Waals surface area contributed by atoms with E-state index in [2.05, 4.69) is 43.8 Å². The largest absolute Gasteiger partial charge is 0.398 e. The van der Waals surface area contributed by atoms with Gasteiger partial charge in [0.2, 0.25) is 0 Å². The zero-order valence-corrected chi connectivity index (χ0v) is 18.9. The number of carbonyl (C=O) groups excluding carboxylic acids is 1. The third kappa shape index (κ3) is 5.64. The maximum absolute atomic E-state index is 13.1. The minimum Gasteiger partial charge on any atom is -0.398 e. The number of nitrogens with zero attached hydrogens (tertiary/aromatic N) is 3. The summed E-state index contributed by atoms with van der Waals surface area (Å²) in [5.41, 5.74) is 6.20. The number of halogens is 2. The molecule has 0 bridgehead atoms. The third-order valence-corrected chi connectivity index (χ3v) is 6.29. The van der Waals surface area contributed by atoms with Crippen molar-refractivity contribution >= 4 is 51.4 Å². The molecule has 1 aromatic heterocycles. The number of anilines is 2. The number of nitrogen functional groups attached to an aromatic ring is 1. The molecule has 1 aliphatic rings. The minimum atomic E-state index is -0.438. The highest BCUT2D eigenvalue weighted by Crippen LogP contribution is 2.29. The smallest absolute Gasteiger partial charge is 0.253 e. The number of nitrogens with one attached hydrogen (secondary N) is 1. The molecule has 0 radical (unpaired) electrons. The maximum atomic E-state index is 13.1. The highest BCUT2D eigenvalue weighted by molar-refractivity contribution is 7.13. The summed E-state index contributed by atoms with van der Waals surface area (Å²) in [5.74, 6) is 0.418. The Morgan fingerprint density at radius 2 is 1.90 bits per heavy atom. The Bertz CT molecular complexity index is 1020. The van der Waals surface area contributed by atoms with E-state index in [1.54, 1.807) is 11.5 Å². The first-order chi connectivity index (χ1) is 14.6. The van der Waals surface area contributed by atoms with Crippen molar-refractivity contribution in [2.75, 3.05) is 49.9 Å². The molecule has 2 aromatic carbocycles. The fraction of sp³-hybridized carbons (Fsp3) is 0.364. The lowest BCUT2D eigenvalue weighted by molar-refractivity contribution is 0.0953. The van der Waals surface area contributed by atoms with Crippen LogP contribution in [0, 0.1) is 5.82 Å². The van der Waals surface area contributed by atoms with Crippen LogP contribution in [0.1, 0.15) is 23.2 Å². The fourth-order valence-corrected chi connectivity index (χ4v) is 4.58. The quantitative estimate of drug-likeness (QED) is 0.412. The molecule has 1 amide bonds. The topological polar surface area (TPSA) is 74.5 Å². The van der Waals surface area contributed by atoms with Crippen LogP contribution < -0.4 is 16.0 Å². The van der Waals surface area contributed by atoms with Gasteiger partial charge in [0.1, 0.15) is 11.6 Å². The van der Waals surface area contributed by atoms with E-state index in [1.165, 1.54) is 28.3 Å². The van der Waals surface area contributed by atoms with Gasteiger partial charge in [-0.2, -0.15) is 4.37 Å². The summed E-state index contributed by atoms with van der Waals surface area (Å²) in [4.78, 5) is 17.0. The molecule has 0 saturated carbocycles. The van der Waals surface area contributed by atoms with Gasteiger partial charge in [0, 0.05) is 43.8 Å². The van der Waals surface area contributed by atoms with Gasteiger partial charge in [0.15, 0.2) is 0 Å². The van der Waals surface area contributed by atoms with E-state index in [0.717, 1.165) is 51.4 Å². The number of benzene rings is 2. The summed E-state index contributed by atoms with van der Waals surface area (Å²) < 4.78 is 19.0. The first-order valence-electron chi connectivity index (χ1n) is 10.3. The van der Waals surface area contributed by atoms with Crippen molar-refractivity contribution in [3.05, 3.63) is 53.8 Å². The first-order valence-corrected chi connectivity index (χ1v) is 11.0. The van der Waals surface area contributed by atoms with E-state index in [1.807, 2.05) is 0 Å². The molecular weight excluding hydrogens is 437 g/mol. The number of carbonyl (C=O) groups is 1. The minimum absolute atomic E-state index is 0. The summed E-state index contributed by atoms with van der Waals surface area (Å²) in [6, 6.07) is 12.2. The number of hydrogen-bond donors (Lipinski definition) is 2. The molecule has 31 heavy (non-hydrogen) atoms. The number of hydrogen-bond acceptors (Lipinski definition) is 6.